The standard InChI is InChI=1S/C12H23N5O.HI/c1-3-14-12(15-5-4-10-18-2)16-7-9-17-8-6-13-11-17;/h6,8,11H,3-5,7,9-10H2,1-2H3,(H2,14,15,16);1H. The first kappa shape index (κ1) is 18.2. The zero-order valence-electron chi connectivity index (χ0n) is 11.6. The van der Waals surface area contributed by atoms with Crippen LogP contribution in [0.3, 0.4) is 0 Å². The minimum Gasteiger partial charge on any atom is -0.385 e. The summed E-state index contributed by atoms with van der Waals surface area (Å²) in [4.78, 5) is 8.46. The predicted octanol–water partition coefficient (Wildman–Crippen LogP) is 1.09. The number of ether oxygens (including phenoxy) is 1. The van der Waals surface area contributed by atoms with Crippen LogP contribution >= 0.6 is 24.0 Å². The highest BCUT2D eigenvalue weighted by Gasteiger charge is 1.96. The maximum atomic E-state index is 4.99. The van der Waals surface area contributed by atoms with Crippen LogP contribution in [0.1, 0.15) is 13.3 Å². The highest BCUT2D eigenvalue weighted by Crippen LogP contribution is 1.85. The summed E-state index contributed by atoms with van der Waals surface area (Å²) in [5.41, 5.74) is 0. The molecule has 0 saturated heterocycles. The third-order valence-corrected chi connectivity index (χ3v) is 2.34. The summed E-state index contributed by atoms with van der Waals surface area (Å²) < 4.78 is 7.02. The van der Waals surface area contributed by atoms with E-state index in [0.29, 0.717) is 0 Å². The van der Waals surface area contributed by atoms with Crippen molar-refractivity contribution in [3.05, 3.63) is 18.7 Å². The van der Waals surface area contributed by atoms with Crippen molar-refractivity contribution in [2.45, 2.75) is 19.9 Å². The molecular formula is C12H24IN5O. The minimum absolute atomic E-state index is 0. The van der Waals surface area contributed by atoms with Crippen molar-refractivity contribution in [3.63, 3.8) is 0 Å². The lowest BCUT2D eigenvalue weighted by Crippen LogP contribution is -2.38. The van der Waals surface area contributed by atoms with E-state index >= 15 is 0 Å². The van der Waals surface area contributed by atoms with Gasteiger partial charge in [-0.2, -0.15) is 0 Å². The molecule has 1 rings (SSSR count). The van der Waals surface area contributed by atoms with Crippen LogP contribution in [0.5, 0.6) is 0 Å². The molecule has 19 heavy (non-hydrogen) atoms. The van der Waals surface area contributed by atoms with E-state index in [0.717, 1.165) is 45.2 Å². The molecular weight excluding hydrogens is 357 g/mol. The van der Waals surface area contributed by atoms with Crippen molar-refractivity contribution >= 4 is 29.9 Å². The molecule has 0 fully saturated rings. The zero-order valence-corrected chi connectivity index (χ0v) is 14.0. The summed E-state index contributed by atoms with van der Waals surface area (Å²) in [5.74, 6) is 0.855. The summed E-state index contributed by atoms with van der Waals surface area (Å²) in [6, 6.07) is 0. The maximum absolute atomic E-state index is 4.99. The molecule has 0 aliphatic heterocycles. The number of hydrogen-bond donors (Lipinski definition) is 2. The molecule has 0 spiro atoms. The molecule has 6 nitrogen and oxygen atoms in total. The summed E-state index contributed by atoms with van der Waals surface area (Å²) >= 11 is 0. The van der Waals surface area contributed by atoms with Crippen molar-refractivity contribution in [2.24, 2.45) is 4.99 Å². The smallest absolute Gasteiger partial charge is 0.191 e. The summed E-state index contributed by atoms with van der Waals surface area (Å²) in [6.07, 6.45) is 6.48. The molecule has 0 aliphatic rings. The highest BCUT2D eigenvalue weighted by molar-refractivity contribution is 14.0. The first-order chi connectivity index (χ1) is 8.86. The Labute approximate surface area is 132 Å². The van der Waals surface area contributed by atoms with Crippen molar-refractivity contribution in [1.29, 1.82) is 0 Å². The average Bonchev–Trinajstić information content (AvgIpc) is 2.87. The van der Waals surface area contributed by atoms with Gasteiger partial charge in [0.2, 0.25) is 0 Å². The Hall–Kier alpha value is -0.830. The molecule has 110 valence electrons. The first-order valence-corrected chi connectivity index (χ1v) is 6.33. The van der Waals surface area contributed by atoms with E-state index in [1.54, 1.807) is 13.3 Å². The van der Waals surface area contributed by atoms with Gasteiger partial charge in [-0.05, 0) is 13.3 Å². The fourth-order valence-electron chi connectivity index (χ4n) is 1.46. The molecule has 1 heterocycles. The third-order valence-electron chi connectivity index (χ3n) is 2.34. The number of imidazole rings is 1. The van der Waals surface area contributed by atoms with Crippen LogP contribution in [0.15, 0.2) is 23.7 Å². The van der Waals surface area contributed by atoms with Gasteiger partial charge in [0.1, 0.15) is 0 Å². The van der Waals surface area contributed by atoms with Crippen LogP contribution in [0, 0.1) is 0 Å². The van der Waals surface area contributed by atoms with E-state index < -0.39 is 0 Å². The lowest BCUT2D eigenvalue weighted by molar-refractivity contribution is 0.197. The number of aliphatic imine (C=N–C) groups is 1. The molecule has 0 aliphatic carbocycles. The fourth-order valence-corrected chi connectivity index (χ4v) is 1.46. The molecule has 2 N–H and O–H groups in total. The Balaban J connectivity index is 0.00000324. The van der Waals surface area contributed by atoms with E-state index in [1.165, 1.54) is 0 Å². The third kappa shape index (κ3) is 8.82. The number of aromatic nitrogens is 2. The van der Waals surface area contributed by atoms with Crippen LogP contribution in [0.4, 0.5) is 0 Å². The number of guanidine groups is 1. The molecule has 0 unspecified atom stereocenters. The monoisotopic (exact) mass is 381 g/mol. The van der Waals surface area contributed by atoms with Gasteiger partial charge in [-0.1, -0.05) is 0 Å². The second-order valence-corrected chi connectivity index (χ2v) is 3.83. The van der Waals surface area contributed by atoms with Crippen molar-refractivity contribution in [3.8, 4) is 0 Å². The van der Waals surface area contributed by atoms with E-state index in [9.17, 15) is 0 Å². The normalized spacial score (nSPS) is 10.9. The van der Waals surface area contributed by atoms with E-state index in [1.807, 2.05) is 17.1 Å². The molecule has 0 saturated carbocycles. The van der Waals surface area contributed by atoms with Crippen LogP contribution < -0.4 is 10.6 Å². The van der Waals surface area contributed by atoms with Gasteiger partial charge in [0.25, 0.3) is 0 Å². The van der Waals surface area contributed by atoms with Gasteiger partial charge in [-0.25, -0.2) is 4.98 Å². The molecule has 1 aromatic rings. The Morgan fingerprint density at radius 2 is 2.26 bits per heavy atom. The van der Waals surface area contributed by atoms with E-state index in [4.69, 9.17) is 4.74 Å². The summed E-state index contributed by atoms with van der Waals surface area (Å²) in [6.45, 7) is 6.14. The minimum atomic E-state index is 0. The van der Waals surface area contributed by atoms with Crippen LogP contribution in [-0.2, 0) is 11.3 Å². The van der Waals surface area contributed by atoms with Gasteiger partial charge < -0.3 is 19.9 Å². The van der Waals surface area contributed by atoms with E-state index in [-0.39, 0.29) is 24.0 Å². The number of nitrogens with zero attached hydrogens (tertiary/aromatic N) is 3. The van der Waals surface area contributed by atoms with Crippen molar-refractivity contribution in [1.82, 2.24) is 20.2 Å². The molecule has 0 aromatic carbocycles. The zero-order chi connectivity index (χ0) is 13.1. The van der Waals surface area contributed by atoms with Gasteiger partial charge in [-0.3, -0.25) is 4.99 Å². The second-order valence-electron chi connectivity index (χ2n) is 3.83. The molecule has 0 bridgehead atoms. The number of rotatable bonds is 8. The topological polar surface area (TPSA) is 63.5 Å². The van der Waals surface area contributed by atoms with Gasteiger partial charge in [0.05, 0.1) is 6.33 Å². The van der Waals surface area contributed by atoms with Gasteiger partial charge in [-0.15, -0.1) is 24.0 Å². The van der Waals surface area contributed by atoms with Gasteiger partial charge >= 0.3 is 0 Å². The molecule has 0 atom stereocenters. The number of methoxy groups -OCH3 is 1. The quantitative estimate of drug-likeness (QED) is 0.306. The number of halogens is 1. The number of hydrogen-bond acceptors (Lipinski definition) is 3. The molecule has 0 amide bonds. The van der Waals surface area contributed by atoms with Gasteiger partial charge in [0, 0.05) is 52.3 Å². The predicted molar refractivity (Wildman–Crippen MR) is 88.1 cm³/mol. The SMILES string of the molecule is CCNC(=NCCCOC)NCCn1ccnc1.I. The Bertz CT molecular complexity index is 329. The Morgan fingerprint density at radius 1 is 1.42 bits per heavy atom. The second kappa shape index (κ2) is 12.2. The van der Waals surface area contributed by atoms with E-state index in [2.05, 4.69) is 27.5 Å². The van der Waals surface area contributed by atoms with Gasteiger partial charge in [0.15, 0.2) is 5.96 Å². The maximum Gasteiger partial charge on any atom is 0.191 e. The molecule has 0 radical (unpaired) electrons. The lowest BCUT2D eigenvalue weighted by atomic mass is 10.4. The Kier molecular flexibility index (Phi) is 11.7. The van der Waals surface area contributed by atoms with Crippen LogP contribution in [0.2, 0.25) is 0 Å². The first-order valence-electron chi connectivity index (χ1n) is 6.33. The largest absolute Gasteiger partial charge is 0.385 e. The Morgan fingerprint density at radius 3 is 2.89 bits per heavy atom. The molecule has 7 heteroatoms. The summed E-state index contributed by atoms with van der Waals surface area (Å²) in [7, 11) is 1.71. The average molecular weight is 381 g/mol. The highest BCUT2D eigenvalue weighted by atomic mass is 127. The summed E-state index contributed by atoms with van der Waals surface area (Å²) in [5, 5.41) is 6.50. The van der Waals surface area contributed by atoms with Crippen LogP contribution in [-0.4, -0.2) is 48.9 Å². The molecule has 1 aromatic heterocycles. The number of nitrogens with one attached hydrogen (secondary N) is 2. The van der Waals surface area contributed by atoms with Crippen molar-refractivity contribution in [2.75, 3.05) is 33.4 Å². The fraction of sp³-hybridized carbons (Fsp3) is 0.667. The lowest BCUT2D eigenvalue weighted by Gasteiger charge is -2.11. The van der Waals surface area contributed by atoms with Crippen molar-refractivity contribution < 1.29 is 4.74 Å². The van der Waals surface area contributed by atoms with Crippen LogP contribution in [0.25, 0.3) is 0 Å².